The van der Waals surface area contributed by atoms with Gasteiger partial charge in [0.05, 0.1) is 12.7 Å². The van der Waals surface area contributed by atoms with E-state index in [0.717, 1.165) is 12.0 Å². The van der Waals surface area contributed by atoms with Crippen LogP contribution in [0.5, 0.6) is 5.75 Å². The van der Waals surface area contributed by atoms with Crippen molar-refractivity contribution >= 4 is 17.4 Å². The quantitative estimate of drug-likeness (QED) is 0.661. The highest BCUT2D eigenvalue weighted by atomic mass is 16.7. The molecule has 1 amide bonds. The highest BCUT2D eigenvalue weighted by molar-refractivity contribution is 6.15. The van der Waals surface area contributed by atoms with Crippen molar-refractivity contribution < 1.29 is 19.1 Å². The van der Waals surface area contributed by atoms with E-state index >= 15 is 0 Å². The minimum Gasteiger partial charge on any atom is -0.467 e. The molecule has 1 atom stereocenters. The molecular weight excluding hydrogens is 332 g/mol. The number of nitrogens with zero attached hydrogens (tertiary/aromatic N) is 1. The van der Waals surface area contributed by atoms with Crippen molar-refractivity contribution in [2.75, 3.05) is 12.1 Å². The lowest BCUT2D eigenvalue weighted by molar-refractivity contribution is -0.117. The highest BCUT2D eigenvalue weighted by Gasteiger charge is 2.28. The van der Waals surface area contributed by atoms with Crippen LogP contribution >= 0.6 is 0 Å². The average molecular weight is 350 g/mol. The molecule has 0 spiro atoms. The van der Waals surface area contributed by atoms with Gasteiger partial charge in [0.1, 0.15) is 5.75 Å². The summed E-state index contributed by atoms with van der Waals surface area (Å²) < 4.78 is 10.5. The largest absolute Gasteiger partial charge is 0.467 e. The summed E-state index contributed by atoms with van der Waals surface area (Å²) in [4.78, 5) is 25.0. The van der Waals surface area contributed by atoms with E-state index in [-0.39, 0.29) is 12.4 Å². The molecule has 1 aliphatic heterocycles. The zero-order valence-corrected chi connectivity index (χ0v) is 14.3. The number of hydrogen-bond acceptors (Lipinski definition) is 5. The van der Waals surface area contributed by atoms with Gasteiger partial charge in [0.2, 0.25) is 5.91 Å². The Morgan fingerprint density at radius 3 is 2.69 bits per heavy atom. The summed E-state index contributed by atoms with van der Waals surface area (Å²) in [5.74, 6) is -1.98. The molecule has 0 saturated heterocycles. The van der Waals surface area contributed by atoms with E-state index in [1.807, 2.05) is 19.1 Å². The second kappa shape index (κ2) is 7.81. The number of nitriles is 1. The number of amides is 1. The molecule has 0 radical (unpaired) electrons. The Morgan fingerprint density at radius 1 is 1.23 bits per heavy atom. The van der Waals surface area contributed by atoms with Crippen molar-refractivity contribution in [3.05, 3.63) is 59.2 Å². The molecule has 2 aromatic carbocycles. The number of carbonyl (C=O) groups is 2. The van der Waals surface area contributed by atoms with Crippen LogP contribution in [0.3, 0.4) is 0 Å². The molecule has 1 aliphatic rings. The van der Waals surface area contributed by atoms with Gasteiger partial charge in [-0.05, 0) is 42.3 Å². The zero-order chi connectivity index (χ0) is 18.5. The van der Waals surface area contributed by atoms with Gasteiger partial charge in [-0.1, -0.05) is 19.1 Å². The molecule has 6 heteroatoms. The molecule has 26 heavy (non-hydrogen) atoms. The Balaban J connectivity index is 1.75. The summed E-state index contributed by atoms with van der Waals surface area (Å²) in [5, 5.41) is 12.0. The number of aryl methyl sites for hydroxylation is 1. The second-order valence-electron chi connectivity index (χ2n) is 5.90. The molecule has 0 bridgehead atoms. The van der Waals surface area contributed by atoms with Crippen LogP contribution in [0, 0.1) is 17.2 Å². The smallest absolute Gasteiger partial charge is 0.249 e. The molecule has 2 aromatic rings. The van der Waals surface area contributed by atoms with Crippen LogP contribution in [-0.2, 0) is 22.6 Å². The minimum absolute atomic E-state index is 0.167. The van der Waals surface area contributed by atoms with Gasteiger partial charge in [0.15, 0.2) is 18.5 Å². The van der Waals surface area contributed by atoms with Crippen molar-refractivity contribution in [1.82, 2.24) is 0 Å². The number of Topliss-reactive ketones (excluding diaryl/α,β-unsaturated/α-hetero) is 1. The van der Waals surface area contributed by atoms with Gasteiger partial charge in [-0.3, -0.25) is 9.59 Å². The first-order valence-corrected chi connectivity index (χ1v) is 8.29. The van der Waals surface area contributed by atoms with Gasteiger partial charge < -0.3 is 14.8 Å². The summed E-state index contributed by atoms with van der Waals surface area (Å²) in [6.07, 6.45) is 0.888. The molecule has 0 saturated carbocycles. The van der Waals surface area contributed by atoms with Crippen molar-refractivity contribution in [2.24, 2.45) is 5.92 Å². The Kier molecular flexibility index (Phi) is 5.30. The fraction of sp³-hybridized carbons (Fsp3) is 0.250. The fourth-order valence-electron chi connectivity index (χ4n) is 2.68. The zero-order valence-electron chi connectivity index (χ0n) is 14.3. The molecular formula is C20H18N2O4. The normalized spacial score (nSPS) is 13.7. The minimum atomic E-state index is -1.43. The van der Waals surface area contributed by atoms with E-state index < -0.39 is 17.6 Å². The number of hydrogen-bond donors (Lipinski definition) is 1. The van der Waals surface area contributed by atoms with E-state index in [4.69, 9.17) is 9.47 Å². The topological polar surface area (TPSA) is 88.4 Å². The van der Waals surface area contributed by atoms with Gasteiger partial charge in [0, 0.05) is 16.8 Å². The number of benzene rings is 2. The third-order valence-corrected chi connectivity index (χ3v) is 4.18. The Labute approximate surface area is 151 Å². The van der Waals surface area contributed by atoms with E-state index in [1.54, 1.807) is 36.4 Å². The van der Waals surface area contributed by atoms with Crippen LogP contribution in [0.2, 0.25) is 0 Å². The molecule has 0 aromatic heterocycles. The summed E-state index contributed by atoms with van der Waals surface area (Å²) in [5.41, 5.74) is 2.68. The predicted octanol–water partition coefficient (Wildman–Crippen LogP) is 3.08. The van der Waals surface area contributed by atoms with E-state index in [0.29, 0.717) is 23.6 Å². The third kappa shape index (κ3) is 3.73. The lowest BCUT2D eigenvalue weighted by Crippen LogP contribution is -2.29. The van der Waals surface area contributed by atoms with Crippen LogP contribution in [0.4, 0.5) is 5.69 Å². The van der Waals surface area contributed by atoms with Crippen molar-refractivity contribution in [3.63, 3.8) is 0 Å². The molecule has 1 heterocycles. The number of anilines is 1. The SMILES string of the molecule is CCc1ccc(NC(=O)[C@@H](C#N)C(=O)c2ccc3c(c2)COCO3)cc1. The Morgan fingerprint density at radius 2 is 2.00 bits per heavy atom. The average Bonchev–Trinajstić information content (AvgIpc) is 2.68. The molecule has 0 unspecified atom stereocenters. The Hall–Kier alpha value is -3.17. The van der Waals surface area contributed by atoms with Gasteiger partial charge in [-0.15, -0.1) is 0 Å². The van der Waals surface area contributed by atoms with Gasteiger partial charge in [-0.25, -0.2) is 0 Å². The maximum Gasteiger partial charge on any atom is 0.249 e. The van der Waals surface area contributed by atoms with Crippen LogP contribution in [-0.4, -0.2) is 18.5 Å². The first-order valence-electron chi connectivity index (χ1n) is 8.29. The lowest BCUT2D eigenvalue weighted by Gasteiger charge is -2.18. The predicted molar refractivity (Wildman–Crippen MR) is 94.6 cm³/mol. The van der Waals surface area contributed by atoms with Gasteiger partial charge >= 0.3 is 0 Å². The standard InChI is InChI=1S/C20H18N2O4/c1-2-13-3-6-16(7-4-13)22-20(24)17(10-21)19(23)14-5-8-18-15(9-14)11-25-12-26-18/h3-9,17H,2,11-12H2,1H3,(H,22,24)/t17-/m0/s1. The fourth-order valence-corrected chi connectivity index (χ4v) is 2.68. The number of carbonyl (C=O) groups excluding carboxylic acids is 2. The van der Waals surface area contributed by atoms with Gasteiger partial charge in [-0.2, -0.15) is 5.26 Å². The van der Waals surface area contributed by atoms with E-state index in [2.05, 4.69) is 5.32 Å². The number of ketones is 1. The monoisotopic (exact) mass is 350 g/mol. The molecule has 0 fully saturated rings. The molecule has 6 nitrogen and oxygen atoms in total. The van der Waals surface area contributed by atoms with E-state index in [9.17, 15) is 14.9 Å². The number of ether oxygens (including phenoxy) is 2. The highest BCUT2D eigenvalue weighted by Crippen LogP contribution is 2.25. The number of fused-ring (bicyclic) bond motifs is 1. The number of rotatable bonds is 5. The van der Waals surface area contributed by atoms with Crippen molar-refractivity contribution in [1.29, 1.82) is 5.26 Å². The van der Waals surface area contributed by atoms with Crippen LogP contribution < -0.4 is 10.1 Å². The molecule has 132 valence electrons. The van der Waals surface area contributed by atoms with Gasteiger partial charge in [0.25, 0.3) is 0 Å². The molecule has 0 aliphatic carbocycles. The molecule has 1 N–H and O–H groups in total. The maximum absolute atomic E-state index is 12.6. The first-order chi connectivity index (χ1) is 12.6. The van der Waals surface area contributed by atoms with Crippen molar-refractivity contribution in [3.8, 4) is 11.8 Å². The summed E-state index contributed by atoms with van der Waals surface area (Å²) in [7, 11) is 0. The maximum atomic E-state index is 12.6. The summed E-state index contributed by atoms with van der Waals surface area (Å²) in [6, 6.07) is 13.9. The lowest BCUT2D eigenvalue weighted by atomic mass is 9.96. The summed E-state index contributed by atoms with van der Waals surface area (Å²) in [6.45, 7) is 2.52. The van der Waals surface area contributed by atoms with Crippen molar-refractivity contribution in [2.45, 2.75) is 20.0 Å². The number of nitrogens with one attached hydrogen (secondary N) is 1. The van der Waals surface area contributed by atoms with E-state index in [1.165, 1.54) is 0 Å². The third-order valence-electron chi connectivity index (χ3n) is 4.18. The van der Waals surface area contributed by atoms with Crippen LogP contribution in [0.1, 0.15) is 28.4 Å². The Bertz CT molecular complexity index is 868. The van der Waals surface area contributed by atoms with Crippen LogP contribution in [0.25, 0.3) is 0 Å². The first kappa shape index (κ1) is 17.6. The molecule has 3 rings (SSSR count). The van der Waals surface area contributed by atoms with Crippen LogP contribution in [0.15, 0.2) is 42.5 Å². The summed E-state index contributed by atoms with van der Waals surface area (Å²) >= 11 is 0. The second-order valence-corrected chi connectivity index (χ2v) is 5.90.